The van der Waals surface area contributed by atoms with Crippen LogP contribution in [0.25, 0.3) is 11.1 Å². The van der Waals surface area contributed by atoms with E-state index in [1.54, 1.807) is 24.4 Å². The highest BCUT2D eigenvalue weighted by Gasteiger charge is 2.29. The average Bonchev–Trinajstić information content (AvgIpc) is 3.58. The monoisotopic (exact) mass is 758 g/mol. The van der Waals surface area contributed by atoms with Crippen LogP contribution in [0.4, 0.5) is 0 Å². The Hall–Kier alpha value is -4.37. The molecule has 2 aliphatic rings. The molecule has 0 bridgehead atoms. The van der Waals surface area contributed by atoms with Crippen molar-refractivity contribution in [2.24, 2.45) is 0 Å². The molecule has 3 aromatic carbocycles. The van der Waals surface area contributed by atoms with Gasteiger partial charge in [0.15, 0.2) is 0 Å². The van der Waals surface area contributed by atoms with Crippen molar-refractivity contribution >= 4 is 29.2 Å². The molecule has 3 heterocycles. The fraction of sp³-hybridized carbons (Fsp3) is 0.390. The summed E-state index contributed by atoms with van der Waals surface area (Å²) in [6.45, 7) is 6.41. The number of carboxylic acid groups (broad SMARTS) is 1. The lowest BCUT2D eigenvalue weighted by Crippen LogP contribution is -2.44. The first-order valence-corrected chi connectivity index (χ1v) is 18.7. The third-order valence-electron chi connectivity index (χ3n) is 9.91. The van der Waals surface area contributed by atoms with Gasteiger partial charge in [-0.3, -0.25) is 14.7 Å². The van der Waals surface area contributed by atoms with E-state index in [4.69, 9.17) is 37.4 Å². The first-order valence-electron chi connectivity index (χ1n) is 18.0. The second-order valence-electron chi connectivity index (χ2n) is 13.6. The van der Waals surface area contributed by atoms with Crippen molar-refractivity contribution in [2.45, 2.75) is 70.9 Å². The smallest absolute Gasteiger partial charge is 0.320 e. The lowest BCUT2D eigenvalue weighted by atomic mass is 9.96. The molecular weight excluding hydrogens is 715 g/mol. The van der Waals surface area contributed by atoms with Gasteiger partial charge in [0.05, 0.1) is 28.3 Å². The average molecular weight is 760 g/mol. The summed E-state index contributed by atoms with van der Waals surface area (Å²) >= 11 is 13.8. The quantitative estimate of drug-likeness (QED) is 0.117. The summed E-state index contributed by atoms with van der Waals surface area (Å²) in [7, 11) is 0. The van der Waals surface area contributed by atoms with Crippen molar-refractivity contribution in [1.29, 1.82) is 5.26 Å². The number of aliphatic hydroxyl groups is 1. The van der Waals surface area contributed by atoms with Crippen molar-refractivity contribution in [3.63, 3.8) is 0 Å². The van der Waals surface area contributed by atoms with E-state index in [-0.39, 0.29) is 19.3 Å². The van der Waals surface area contributed by atoms with Crippen LogP contribution < -0.4 is 14.2 Å². The standard InChI is InChI=1S/C41H44Cl2N4O6/c1-27-30(7-4-8-33(27)34-9-5-11-37(40(34)43)51-16-6-13-46-15-12-32(48)24-46)26-53-39-19-38(52-25-29-17-28(20-44)21-45-22-29)31(18-35(39)42)23-47-14-3-2-10-36(47)41(49)50/h4-5,7-9,11,17-19,21-22,32,36,48H,2-3,6,10,12-16,23-26H2,1H3,(H,49,50)/t32-,36?/m1/s1. The van der Waals surface area contributed by atoms with Gasteiger partial charge in [-0.2, -0.15) is 5.26 Å². The Morgan fingerprint density at radius 2 is 1.75 bits per heavy atom. The summed E-state index contributed by atoms with van der Waals surface area (Å²) < 4.78 is 18.7. The van der Waals surface area contributed by atoms with Crippen LogP contribution in [0.1, 0.15) is 59.9 Å². The number of aromatic nitrogens is 1. The Bertz CT molecular complexity index is 1950. The van der Waals surface area contributed by atoms with Crippen LogP contribution in [0, 0.1) is 18.3 Å². The molecule has 278 valence electrons. The van der Waals surface area contributed by atoms with Crippen LogP contribution >= 0.6 is 23.2 Å². The molecular formula is C41H44Cl2N4O6. The Labute approximate surface area is 320 Å². The van der Waals surface area contributed by atoms with Gasteiger partial charge in [-0.05, 0) is 74.0 Å². The topological polar surface area (TPSA) is 128 Å². The third kappa shape index (κ3) is 9.79. The minimum absolute atomic E-state index is 0.145. The Kier molecular flexibility index (Phi) is 13.1. The van der Waals surface area contributed by atoms with Gasteiger partial charge in [0.1, 0.15) is 42.6 Å². The number of aliphatic hydroxyl groups excluding tert-OH is 1. The molecule has 0 amide bonds. The summed E-state index contributed by atoms with van der Waals surface area (Å²) in [5.74, 6) is 0.712. The van der Waals surface area contributed by atoms with Crippen molar-refractivity contribution in [2.75, 3.05) is 32.8 Å². The van der Waals surface area contributed by atoms with Gasteiger partial charge >= 0.3 is 5.97 Å². The van der Waals surface area contributed by atoms with Gasteiger partial charge in [0.2, 0.25) is 0 Å². The number of hydrogen-bond acceptors (Lipinski definition) is 9. The van der Waals surface area contributed by atoms with Gasteiger partial charge < -0.3 is 29.3 Å². The number of nitriles is 1. The number of pyridine rings is 1. The molecule has 2 N–H and O–H groups in total. The zero-order chi connectivity index (χ0) is 37.3. The van der Waals surface area contributed by atoms with Crippen LogP contribution in [0.5, 0.6) is 17.2 Å². The molecule has 4 aromatic rings. The van der Waals surface area contributed by atoms with E-state index >= 15 is 0 Å². The Morgan fingerprint density at radius 3 is 2.55 bits per heavy atom. The van der Waals surface area contributed by atoms with E-state index < -0.39 is 12.0 Å². The minimum atomic E-state index is -0.842. The molecule has 2 atom stereocenters. The summed E-state index contributed by atoms with van der Waals surface area (Å²) in [6.07, 6.45) is 6.92. The summed E-state index contributed by atoms with van der Waals surface area (Å²) in [5.41, 5.74) is 5.65. The van der Waals surface area contributed by atoms with Crippen LogP contribution in [-0.4, -0.2) is 75.9 Å². The predicted molar refractivity (Wildman–Crippen MR) is 204 cm³/mol. The number of hydrogen-bond donors (Lipinski definition) is 2. The first kappa shape index (κ1) is 38.4. The van der Waals surface area contributed by atoms with Gasteiger partial charge in [0, 0.05) is 61.3 Å². The maximum absolute atomic E-state index is 12.1. The fourth-order valence-electron chi connectivity index (χ4n) is 7.01. The number of halogens is 2. The first-order chi connectivity index (χ1) is 25.7. The molecule has 2 saturated heterocycles. The SMILES string of the molecule is Cc1c(COc2cc(OCc3cncc(C#N)c3)c(CN3CCCCC3C(=O)O)cc2Cl)cccc1-c1cccc(OCCCN2CC[C@@H](O)C2)c1Cl. The van der Waals surface area contributed by atoms with Gasteiger partial charge in [0.25, 0.3) is 0 Å². The van der Waals surface area contributed by atoms with Gasteiger partial charge in [-0.1, -0.05) is 60.0 Å². The number of piperidine rings is 1. The Morgan fingerprint density at radius 1 is 0.943 bits per heavy atom. The molecule has 0 spiro atoms. The third-order valence-corrected chi connectivity index (χ3v) is 10.6. The van der Waals surface area contributed by atoms with E-state index in [0.29, 0.717) is 65.5 Å². The zero-order valence-electron chi connectivity index (χ0n) is 29.8. The molecule has 2 aliphatic heterocycles. The van der Waals surface area contributed by atoms with E-state index in [1.807, 2.05) is 48.2 Å². The van der Waals surface area contributed by atoms with Crippen LogP contribution in [0.2, 0.25) is 10.0 Å². The number of likely N-dealkylation sites (tertiary alicyclic amines) is 2. The largest absolute Gasteiger partial charge is 0.492 e. The number of ether oxygens (including phenoxy) is 3. The number of β-amino-alcohol motifs (C(OH)–C–C–N with tert-alkyl or cyclic N) is 1. The molecule has 1 aromatic heterocycles. The minimum Gasteiger partial charge on any atom is -0.492 e. The lowest BCUT2D eigenvalue weighted by molar-refractivity contribution is -0.144. The highest BCUT2D eigenvalue weighted by Crippen LogP contribution is 2.39. The second-order valence-corrected chi connectivity index (χ2v) is 14.4. The van der Waals surface area contributed by atoms with Crippen LogP contribution in [0.3, 0.4) is 0 Å². The summed E-state index contributed by atoms with van der Waals surface area (Å²) in [4.78, 5) is 20.4. The maximum Gasteiger partial charge on any atom is 0.320 e. The predicted octanol–water partition coefficient (Wildman–Crippen LogP) is 7.67. The number of carboxylic acids is 1. The van der Waals surface area contributed by atoms with E-state index in [0.717, 1.165) is 72.2 Å². The number of aliphatic carboxylic acids is 1. The summed E-state index contributed by atoms with van der Waals surface area (Å²) in [5, 5.41) is 29.9. The number of nitrogens with zero attached hydrogens (tertiary/aromatic N) is 4. The van der Waals surface area contributed by atoms with E-state index in [2.05, 4.69) is 16.0 Å². The second kappa shape index (κ2) is 18.1. The molecule has 10 nitrogen and oxygen atoms in total. The molecule has 6 rings (SSSR count). The number of benzene rings is 3. The maximum atomic E-state index is 12.1. The Balaban J connectivity index is 1.18. The highest BCUT2D eigenvalue weighted by molar-refractivity contribution is 6.35. The van der Waals surface area contributed by atoms with Crippen LogP contribution in [0.15, 0.2) is 67.0 Å². The zero-order valence-corrected chi connectivity index (χ0v) is 31.3. The highest BCUT2D eigenvalue weighted by atomic mass is 35.5. The van der Waals surface area contributed by atoms with E-state index in [1.165, 1.54) is 6.20 Å². The van der Waals surface area contributed by atoms with E-state index in [9.17, 15) is 20.3 Å². The molecule has 0 saturated carbocycles. The normalized spacial score (nSPS) is 17.7. The number of rotatable bonds is 15. The van der Waals surface area contributed by atoms with Gasteiger partial charge in [-0.25, -0.2) is 0 Å². The molecule has 1 unspecified atom stereocenters. The molecule has 0 radical (unpaired) electrons. The molecule has 12 heteroatoms. The molecule has 0 aliphatic carbocycles. The van der Waals surface area contributed by atoms with Crippen molar-refractivity contribution in [3.05, 3.63) is 105 Å². The number of carbonyl (C=O) groups is 1. The van der Waals surface area contributed by atoms with Gasteiger partial charge in [-0.15, -0.1) is 0 Å². The van der Waals surface area contributed by atoms with Crippen molar-refractivity contribution in [1.82, 2.24) is 14.8 Å². The molecule has 2 fully saturated rings. The fourth-order valence-corrected chi connectivity index (χ4v) is 7.54. The lowest BCUT2D eigenvalue weighted by Gasteiger charge is -2.33. The summed E-state index contributed by atoms with van der Waals surface area (Å²) in [6, 6.07) is 18.6. The van der Waals surface area contributed by atoms with Crippen molar-refractivity contribution in [3.8, 4) is 34.4 Å². The van der Waals surface area contributed by atoms with Crippen LogP contribution in [-0.2, 0) is 24.6 Å². The van der Waals surface area contributed by atoms with Crippen molar-refractivity contribution < 1.29 is 29.2 Å². The molecule has 53 heavy (non-hydrogen) atoms.